The Labute approximate surface area is 226 Å². The van der Waals surface area contributed by atoms with Crippen LogP contribution in [-0.2, 0) is 22.6 Å². The van der Waals surface area contributed by atoms with Gasteiger partial charge in [0.05, 0.1) is 22.3 Å². The molecular formula is C26H23N5O5S2. The number of thioether (sulfide) groups is 1. The number of non-ortho nitro benzene ring substituents is 1. The van der Waals surface area contributed by atoms with Crippen LogP contribution in [0.3, 0.4) is 0 Å². The fourth-order valence-corrected chi connectivity index (χ4v) is 6.10. The Bertz CT molecular complexity index is 1480. The Balaban J connectivity index is 1.41. The molecule has 0 radical (unpaired) electrons. The van der Waals surface area contributed by atoms with Gasteiger partial charge in [-0.15, -0.1) is 23.1 Å². The van der Waals surface area contributed by atoms with Gasteiger partial charge in [0.2, 0.25) is 11.8 Å². The van der Waals surface area contributed by atoms with Crippen molar-refractivity contribution in [2.45, 2.75) is 37.0 Å². The third-order valence-corrected chi connectivity index (χ3v) is 8.17. The summed E-state index contributed by atoms with van der Waals surface area (Å²) in [4.78, 5) is 51.1. The number of nitrogens with zero attached hydrogens (tertiary/aromatic N) is 3. The van der Waals surface area contributed by atoms with Crippen LogP contribution in [0, 0.1) is 21.4 Å². The predicted octanol–water partition coefficient (Wildman–Crippen LogP) is 4.80. The van der Waals surface area contributed by atoms with Crippen LogP contribution in [0.1, 0.15) is 40.2 Å². The van der Waals surface area contributed by atoms with Crippen LogP contribution in [0.2, 0.25) is 0 Å². The maximum absolute atomic E-state index is 13.0. The molecule has 1 aromatic heterocycles. The van der Waals surface area contributed by atoms with E-state index >= 15 is 0 Å². The maximum Gasteiger partial charge on any atom is 0.270 e. The Hall–Kier alpha value is -4.21. The number of amides is 3. The minimum Gasteiger partial charge on any atom is -0.337 e. The standard InChI is InChI=1S/C26H23N5O5S2/c1-15(24(33)29-26-22(13-27)21-9-10-30(16(2)32)14-23(21)38-26)37-20-8-4-6-18(12-20)28-25(34)17-5-3-7-19(11-17)31(35)36/h3-8,11-12,15H,9-10,14H2,1-2H3,(H,28,34)(H,29,33). The summed E-state index contributed by atoms with van der Waals surface area (Å²) in [6.45, 7) is 4.23. The van der Waals surface area contributed by atoms with Crippen LogP contribution in [0.4, 0.5) is 16.4 Å². The topological polar surface area (TPSA) is 145 Å². The van der Waals surface area contributed by atoms with Crippen LogP contribution < -0.4 is 10.6 Å². The first kappa shape index (κ1) is 26.8. The van der Waals surface area contributed by atoms with Crippen molar-refractivity contribution in [3.8, 4) is 6.07 Å². The molecule has 10 nitrogen and oxygen atoms in total. The molecule has 2 N–H and O–H groups in total. The lowest BCUT2D eigenvalue weighted by atomic mass is 10.0. The Morgan fingerprint density at radius 1 is 1.18 bits per heavy atom. The number of nitro benzene ring substituents is 1. The van der Waals surface area contributed by atoms with E-state index in [1.54, 1.807) is 36.1 Å². The van der Waals surface area contributed by atoms with Gasteiger partial charge in [0.15, 0.2) is 0 Å². The van der Waals surface area contributed by atoms with E-state index in [-0.39, 0.29) is 23.1 Å². The van der Waals surface area contributed by atoms with E-state index in [1.807, 2.05) is 0 Å². The number of fused-ring (bicyclic) bond motifs is 1. The summed E-state index contributed by atoms with van der Waals surface area (Å²) < 4.78 is 0. The molecule has 4 rings (SSSR count). The Morgan fingerprint density at radius 3 is 2.66 bits per heavy atom. The summed E-state index contributed by atoms with van der Waals surface area (Å²) in [5.74, 6) is -0.795. The van der Waals surface area contributed by atoms with Crippen molar-refractivity contribution in [2.75, 3.05) is 17.2 Å². The van der Waals surface area contributed by atoms with E-state index < -0.39 is 16.1 Å². The van der Waals surface area contributed by atoms with Crippen molar-refractivity contribution >= 4 is 57.2 Å². The maximum atomic E-state index is 13.0. The minimum atomic E-state index is -0.563. The molecule has 1 aliphatic heterocycles. The van der Waals surface area contributed by atoms with Crippen molar-refractivity contribution in [3.63, 3.8) is 0 Å². The number of rotatable bonds is 7. The molecule has 1 atom stereocenters. The zero-order chi connectivity index (χ0) is 27.4. The molecule has 0 saturated carbocycles. The molecule has 1 aliphatic rings. The molecule has 3 aromatic rings. The zero-order valence-electron chi connectivity index (χ0n) is 20.5. The lowest BCUT2D eigenvalue weighted by Crippen LogP contribution is -2.33. The fourth-order valence-electron chi connectivity index (χ4n) is 3.96. The molecule has 0 aliphatic carbocycles. The predicted molar refractivity (Wildman–Crippen MR) is 145 cm³/mol. The molecule has 0 saturated heterocycles. The lowest BCUT2D eigenvalue weighted by molar-refractivity contribution is -0.384. The van der Waals surface area contributed by atoms with Crippen molar-refractivity contribution in [1.29, 1.82) is 5.26 Å². The van der Waals surface area contributed by atoms with Gasteiger partial charge in [0.25, 0.3) is 11.6 Å². The van der Waals surface area contributed by atoms with Gasteiger partial charge in [-0.3, -0.25) is 24.5 Å². The van der Waals surface area contributed by atoms with E-state index in [1.165, 1.54) is 54.3 Å². The number of carbonyl (C=O) groups excluding carboxylic acids is 3. The first-order chi connectivity index (χ1) is 18.2. The summed E-state index contributed by atoms with van der Waals surface area (Å²) in [5.41, 5.74) is 1.79. The highest BCUT2D eigenvalue weighted by Crippen LogP contribution is 2.37. The van der Waals surface area contributed by atoms with E-state index in [0.29, 0.717) is 35.8 Å². The van der Waals surface area contributed by atoms with Gasteiger partial charge in [-0.2, -0.15) is 5.26 Å². The van der Waals surface area contributed by atoms with Crippen molar-refractivity contribution in [3.05, 3.63) is 80.2 Å². The number of nitriles is 1. The molecule has 194 valence electrons. The van der Waals surface area contributed by atoms with Gasteiger partial charge in [-0.25, -0.2) is 0 Å². The van der Waals surface area contributed by atoms with Crippen molar-refractivity contribution in [2.24, 2.45) is 0 Å². The first-order valence-electron chi connectivity index (χ1n) is 11.6. The number of nitrogens with one attached hydrogen (secondary N) is 2. The third kappa shape index (κ3) is 6.01. The van der Waals surface area contributed by atoms with Crippen LogP contribution in [0.15, 0.2) is 53.4 Å². The molecule has 1 unspecified atom stereocenters. The van der Waals surface area contributed by atoms with Gasteiger partial charge in [0, 0.05) is 46.6 Å². The van der Waals surface area contributed by atoms with Gasteiger partial charge >= 0.3 is 0 Å². The minimum absolute atomic E-state index is 0.0262. The summed E-state index contributed by atoms with van der Waals surface area (Å²) in [7, 11) is 0. The van der Waals surface area contributed by atoms with Gasteiger partial charge in [0.1, 0.15) is 11.1 Å². The molecule has 38 heavy (non-hydrogen) atoms. The number of thiophene rings is 1. The average Bonchev–Trinajstić information content (AvgIpc) is 3.24. The number of hydrogen-bond acceptors (Lipinski definition) is 8. The zero-order valence-corrected chi connectivity index (χ0v) is 22.1. The van der Waals surface area contributed by atoms with Crippen LogP contribution in [0.25, 0.3) is 0 Å². The van der Waals surface area contributed by atoms with E-state index in [0.717, 1.165) is 15.3 Å². The van der Waals surface area contributed by atoms with Gasteiger partial charge in [-0.1, -0.05) is 12.1 Å². The molecule has 2 aromatic carbocycles. The Kier molecular flexibility index (Phi) is 8.09. The number of benzene rings is 2. The first-order valence-corrected chi connectivity index (χ1v) is 13.3. The highest BCUT2D eigenvalue weighted by Gasteiger charge is 2.27. The molecule has 0 spiro atoms. The van der Waals surface area contributed by atoms with Crippen LogP contribution in [0.5, 0.6) is 0 Å². The SMILES string of the molecule is CC(=O)N1CCc2c(sc(NC(=O)C(C)Sc3cccc(NC(=O)c4cccc([N+](=O)[O-])c4)c3)c2C#N)C1. The van der Waals surface area contributed by atoms with Crippen molar-refractivity contribution in [1.82, 2.24) is 4.90 Å². The number of carbonyl (C=O) groups is 3. The second-order valence-corrected chi connectivity index (χ2v) is 11.1. The number of nitro groups is 1. The second kappa shape index (κ2) is 11.5. The van der Waals surface area contributed by atoms with E-state index in [2.05, 4.69) is 16.7 Å². The normalized spacial score (nSPS) is 13.1. The Morgan fingerprint density at radius 2 is 1.95 bits per heavy atom. The smallest absolute Gasteiger partial charge is 0.270 e. The summed E-state index contributed by atoms with van der Waals surface area (Å²) in [6.07, 6.45) is 0.573. The molecule has 12 heteroatoms. The summed E-state index contributed by atoms with van der Waals surface area (Å²) in [5, 5.41) is 26.3. The van der Waals surface area contributed by atoms with Gasteiger partial charge in [-0.05, 0) is 43.2 Å². The fraction of sp³-hybridized carbons (Fsp3) is 0.231. The number of hydrogen-bond donors (Lipinski definition) is 2. The third-order valence-electron chi connectivity index (χ3n) is 5.94. The van der Waals surface area contributed by atoms with Crippen molar-refractivity contribution < 1.29 is 19.3 Å². The number of anilines is 2. The average molecular weight is 550 g/mol. The lowest BCUT2D eigenvalue weighted by Gasteiger charge is -2.25. The quantitative estimate of drug-likeness (QED) is 0.244. The monoisotopic (exact) mass is 549 g/mol. The van der Waals surface area contributed by atoms with Gasteiger partial charge < -0.3 is 15.5 Å². The van der Waals surface area contributed by atoms with Crippen LogP contribution >= 0.6 is 23.1 Å². The molecule has 2 heterocycles. The molecule has 0 bridgehead atoms. The molecular weight excluding hydrogens is 526 g/mol. The second-order valence-electron chi connectivity index (χ2n) is 8.55. The van der Waals surface area contributed by atoms with E-state index in [9.17, 15) is 29.8 Å². The largest absolute Gasteiger partial charge is 0.337 e. The van der Waals surface area contributed by atoms with Crippen LogP contribution in [-0.4, -0.2) is 39.3 Å². The summed E-state index contributed by atoms with van der Waals surface area (Å²) in [6, 6.07) is 14.6. The summed E-state index contributed by atoms with van der Waals surface area (Å²) >= 11 is 2.61. The van der Waals surface area contributed by atoms with E-state index in [4.69, 9.17) is 0 Å². The highest BCUT2D eigenvalue weighted by atomic mass is 32.2. The highest BCUT2D eigenvalue weighted by molar-refractivity contribution is 8.00. The molecule has 0 fully saturated rings. The molecule has 3 amide bonds.